The Morgan fingerprint density at radius 3 is 2.69 bits per heavy atom. The first-order chi connectivity index (χ1) is 7.43. The molecule has 0 amide bonds. The Kier molecular flexibility index (Phi) is 4.89. The van der Waals surface area contributed by atoms with E-state index in [1.54, 1.807) is 6.92 Å². The van der Waals surface area contributed by atoms with Gasteiger partial charge in [0, 0.05) is 17.6 Å². The van der Waals surface area contributed by atoms with Crippen LogP contribution in [0, 0.1) is 5.82 Å². The molecule has 0 aliphatic heterocycles. The zero-order valence-corrected chi connectivity index (χ0v) is 11.1. The molecule has 0 aliphatic rings. The molecule has 0 aliphatic carbocycles. The van der Waals surface area contributed by atoms with Crippen LogP contribution < -0.4 is 5.32 Å². The third-order valence-corrected chi connectivity index (χ3v) is 2.98. The van der Waals surface area contributed by atoms with Gasteiger partial charge >= 0.3 is 0 Å². The lowest BCUT2D eigenvalue weighted by atomic mass is 10.0. The Bertz CT molecular complexity index is 335. The van der Waals surface area contributed by atoms with Crippen LogP contribution in [0.1, 0.15) is 25.8 Å². The van der Waals surface area contributed by atoms with Crippen molar-refractivity contribution in [3.63, 3.8) is 0 Å². The minimum Gasteiger partial charge on any atom is -0.389 e. The largest absolute Gasteiger partial charge is 0.389 e. The van der Waals surface area contributed by atoms with Crippen LogP contribution in [0.3, 0.4) is 0 Å². The molecule has 4 heteroatoms. The fourth-order valence-electron chi connectivity index (χ4n) is 1.31. The van der Waals surface area contributed by atoms with Crippen LogP contribution in [0.5, 0.6) is 0 Å². The van der Waals surface area contributed by atoms with Crippen LogP contribution in [0.2, 0.25) is 0 Å². The molecular formula is C12H17BrFNO. The van der Waals surface area contributed by atoms with Crippen LogP contribution in [0.4, 0.5) is 4.39 Å². The average Bonchev–Trinajstić information content (AvgIpc) is 2.16. The van der Waals surface area contributed by atoms with Gasteiger partial charge in [-0.25, -0.2) is 4.39 Å². The molecule has 2 nitrogen and oxygen atoms in total. The summed E-state index contributed by atoms with van der Waals surface area (Å²) in [6.07, 6.45) is 0.687. The summed E-state index contributed by atoms with van der Waals surface area (Å²) in [5, 5.41) is 12.9. The highest BCUT2D eigenvalue weighted by atomic mass is 79.9. The normalized spacial score (nSPS) is 14.8. The highest BCUT2D eigenvalue weighted by Gasteiger charge is 2.16. The van der Waals surface area contributed by atoms with Gasteiger partial charge in [-0.05, 0) is 37.1 Å². The van der Waals surface area contributed by atoms with Gasteiger partial charge in [-0.2, -0.15) is 0 Å². The number of benzene rings is 1. The van der Waals surface area contributed by atoms with E-state index in [9.17, 15) is 9.50 Å². The lowest BCUT2D eigenvalue weighted by Gasteiger charge is -2.21. The number of rotatable bonds is 5. The summed E-state index contributed by atoms with van der Waals surface area (Å²) in [6.45, 7) is 4.76. The van der Waals surface area contributed by atoms with Crippen molar-refractivity contribution >= 4 is 15.9 Å². The average molecular weight is 290 g/mol. The number of aliphatic hydroxyl groups is 1. The first kappa shape index (κ1) is 13.6. The van der Waals surface area contributed by atoms with Gasteiger partial charge in [0.15, 0.2) is 0 Å². The van der Waals surface area contributed by atoms with Gasteiger partial charge < -0.3 is 10.4 Å². The predicted octanol–water partition coefficient (Wildman–Crippen LogP) is 2.84. The maximum Gasteiger partial charge on any atom is 0.124 e. The van der Waals surface area contributed by atoms with Gasteiger partial charge in [-0.1, -0.05) is 22.9 Å². The summed E-state index contributed by atoms with van der Waals surface area (Å²) in [6, 6.07) is 4.76. The molecule has 1 unspecified atom stereocenters. The lowest BCUT2D eigenvalue weighted by Crippen LogP contribution is -2.36. The Morgan fingerprint density at radius 1 is 1.44 bits per heavy atom. The van der Waals surface area contributed by atoms with Crippen LogP contribution in [0.25, 0.3) is 0 Å². The summed E-state index contributed by atoms with van der Waals surface area (Å²) in [5.74, 6) is -0.256. The van der Waals surface area contributed by atoms with Crippen molar-refractivity contribution in [1.29, 1.82) is 0 Å². The summed E-state index contributed by atoms with van der Waals surface area (Å²) >= 11 is 3.24. The van der Waals surface area contributed by atoms with Crippen molar-refractivity contribution < 1.29 is 9.50 Å². The molecule has 0 radical (unpaired) electrons. The maximum atomic E-state index is 13.0. The predicted molar refractivity (Wildman–Crippen MR) is 66.7 cm³/mol. The first-order valence-corrected chi connectivity index (χ1v) is 6.10. The van der Waals surface area contributed by atoms with Crippen molar-refractivity contribution in [3.05, 3.63) is 34.1 Å². The van der Waals surface area contributed by atoms with Crippen molar-refractivity contribution in [2.45, 2.75) is 32.4 Å². The molecular weight excluding hydrogens is 273 g/mol. The smallest absolute Gasteiger partial charge is 0.124 e. The fourth-order valence-corrected chi connectivity index (χ4v) is 1.83. The Balaban J connectivity index is 2.49. The fraction of sp³-hybridized carbons (Fsp3) is 0.500. The molecule has 0 aromatic heterocycles. The lowest BCUT2D eigenvalue weighted by molar-refractivity contribution is 0.0555. The van der Waals surface area contributed by atoms with Crippen LogP contribution in [-0.2, 0) is 6.54 Å². The first-order valence-electron chi connectivity index (χ1n) is 5.31. The van der Waals surface area contributed by atoms with Crippen LogP contribution >= 0.6 is 15.9 Å². The van der Waals surface area contributed by atoms with Crippen LogP contribution in [0.15, 0.2) is 22.7 Å². The van der Waals surface area contributed by atoms with Crippen molar-refractivity contribution in [2.24, 2.45) is 0 Å². The molecule has 1 rings (SSSR count). The Hall–Kier alpha value is -0.450. The van der Waals surface area contributed by atoms with Gasteiger partial charge in [0.1, 0.15) is 5.82 Å². The third kappa shape index (κ3) is 4.60. The van der Waals surface area contributed by atoms with Gasteiger partial charge in [0.05, 0.1) is 5.60 Å². The van der Waals surface area contributed by atoms with Crippen molar-refractivity contribution in [2.75, 3.05) is 6.54 Å². The summed E-state index contributed by atoms with van der Waals surface area (Å²) in [7, 11) is 0. The number of halogens is 2. The van der Waals surface area contributed by atoms with Crippen molar-refractivity contribution in [1.82, 2.24) is 5.32 Å². The SMILES string of the molecule is CCC(C)(O)CNCc1cc(F)cc(Br)c1. The van der Waals surface area contributed by atoms with Gasteiger partial charge in [-0.15, -0.1) is 0 Å². The summed E-state index contributed by atoms with van der Waals surface area (Å²) < 4.78 is 13.8. The molecule has 0 fully saturated rings. The minimum atomic E-state index is -0.704. The number of nitrogens with one attached hydrogen (secondary N) is 1. The highest BCUT2D eigenvalue weighted by Crippen LogP contribution is 2.15. The van der Waals surface area contributed by atoms with E-state index in [1.807, 2.05) is 13.0 Å². The van der Waals surface area contributed by atoms with E-state index in [2.05, 4.69) is 21.2 Å². The summed E-state index contributed by atoms with van der Waals surface area (Å²) in [5.41, 5.74) is 0.156. The van der Waals surface area contributed by atoms with E-state index in [0.29, 0.717) is 19.5 Å². The second kappa shape index (κ2) is 5.75. The topological polar surface area (TPSA) is 32.3 Å². The molecule has 2 N–H and O–H groups in total. The molecule has 0 heterocycles. The minimum absolute atomic E-state index is 0.256. The second-order valence-corrected chi connectivity index (χ2v) is 5.15. The molecule has 16 heavy (non-hydrogen) atoms. The quantitative estimate of drug-likeness (QED) is 0.874. The van der Waals surface area contributed by atoms with Gasteiger partial charge in [-0.3, -0.25) is 0 Å². The second-order valence-electron chi connectivity index (χ2n) is 4.23. The molecule has 1 aromatic carbocycles. The molecule has 0 saturated heterocycles. The Morgan fingerprint density at radius 2 is 2.12 bits per heavy atom. The zero-order valence-electron chi connectivity index (χ0n) is 9.56. The van der Waals surface area contributed by atoms with E-state index in [-0.39, 0.29) is 5.82 Å². The highest BCUT2D eigenvalue weighted by molar-refractivity contribution is 9.10. The number of hydrogen-bond acceptors (Lipinski definition) is 2. The molecule has 0 bridgehead atoms. The Labute approximate surface area is 104 Å². The van der Waals surface area contributed by atoms with Gasteiger partial charge in [0.25, 0.3) is 0 Å². The monoisotopic (exact) mass is 289 g/mol. The standard InChI is InChI=1S/C12H17BrFNO/c1-3-12(2,16)8-15-7-9-4-10(13)6-11(14)5-9/h4-6,15-16H,3,7-8H2,1-2H3. The van der Waals surface area contributed by atoms with E-state index >= 15 is 0 Å². The van der Waals surface area contributed by atoms with E-state index in [1.165, 1.54) is 12.1 Å². The molecule has 0 spiro atoms. The molecule has 1 aromatic rings. The molecule has 0 saturated carbocycles. The van der Waals surface area contributed by atoms with E-state index in [4.69, 9.17) is 0 Å². The van der Waals surface area contributed by atoms with Gasteiger partial charge in [0.2, 0.25) is 0 Å². The molecule has 90 valence electrons. The van der Waals surface area contributed by atoms with Crippen LogP contribution in [-0.4, -0.2) is 17.3 Å². The summed E-state index contributed by atoms with van der Waals surface area (Å²) in [4.78, 5) is 0. The maximum absolute atomic E-state index is 13.0. The zero-order chi connectivity index (χ0) is 12.2. The third-order valence-electron chi connectivity index (χ3n) is 2.52. The van der Waals surface area contributed by atoms with E-state index in [0.717, 1.165) is 10.0 Å². The van der Waals surface area contributed by atoms with E-state index < -0.39 is 5.60 Å². The van der Waals surface area contributed by atoms with Crippen molar-refractivity contribution in [3.8, 4) is 0 Å². The molecule has 1 atom stereocenters. The number of hydrogen-bond donors (Lipinski definition) is 2.